The van der Waals surface area contributed by atoms with Crippen molar-refractivity contribution in [3.05, 3.63) is 23.0 Å². The number of nitrogens with two attached hydrogens (primary N) is 1. The third-order valence-electron chi connectivity index (χ3n) is 2.21. The number of carboxylic acids is 1. The van der Waals surface area contributed by atoms with Crippen LogP contribution >= 0.6 is 0 Å². The van der Waals surface area contributed by atoms with Crippen LogP contribution in [0, 0.1) is 6.92 Å². The molecular formula is C10H11F3N2O3. The van der Waals surface area contributed by atoms with Gasteiger partial charge in [0.05, 0.1) is 12.1 Å². The molecule has 3 N–H and O–H groups in total. The Balaban J connectivity index is 3.22. The minimum absolute atomic E-state index is 0.0704. The minimum Gasteiger partial charge on any atom is -0.481 e. The van der Waals surface area contributed by atoms with Gasteiger partial charge in [0.15, 0.2) is 5.75 Å². The summed E-state index contributed by atoms with van der Waals surface area (Å²) in [5.41, 5.74) is 5.42. The van der Waals surface area contributed by atoms with Gasteiger partial charge in [0.2, 0.25) is 0 Å². The molecule has 1 aromatic heterocycles. The van der Waals surface area contributed by atoms with E-state index in [1.54, 1.807) is 0 Å². The summed E-state index contributed by atoms with van der Waals surface area (Å²) in [6, 6.07) is 0. The number of carbonyl (C=O) groups is 1. The Hall–Kier alpha value is -1.83. The molecule has 0 aromatic carbocycles. The third-order valence-corrected chi connectivity index (χ3v) is 2.21. The highest BCUT2D eigenvalue weighted by molar-refractivity contribution is 5.71. The molecule has 0 atom stereocenters. The molecule has 0 aliphatic heterocycles. The molecule has 8 heteroatoms. The molecule has 0 spiro atoms. The first-order chi connectivity index (χ1) is 8.24. The Morgan fingerprint density at radius 3 is 2.61 bits per heavy atom. The predicted molar refractivity (Wildman–Crippen MR) is 54.9 cm³/mol. The second-order valence-corrected chi connectivity index (χ2v) is 3.51. The molecule has 100 valence electrons. The zero-order valence-electron chi connectivity index (χ0n) is 9.41. The Morgan fingerprint density at radius 1 is 1.56 bits per heavy atom. The molecule has 0 saturated heterocycles. The molecule has 0 radical (unpaired) electrons. The van der Waals surface area contributed by atoms with E-state index in [4.69, 9.17) is 10.8 Å². The van der Waals surface area contributed by atoms with Crippen LogP contribution in [0.5, 0.6) is 5.75 Å². The molecule has 0 bridgehead atoms. The summed E-state index contributed by atoms with van der Waals surface area (Å²) in [5, 5.41) is 8.63. The molecule has 0 saturated carbocycles. The number of rotatable bonds is 4. The summed E-state index contributed by atoms with van der Waals surface area (Å²) < 4.78 is 40.5. The molecule has 0 amide bonds. The number of hydrogen-bond acceptors (Lipinski definition) is 4. The van der Waals surface area contributed by atoms with Gasteiger partial charge in [0.25, 0.3) is 0 Å². The van der Waals surface area contributed by atoms with Gasteiger partial charge in [0, 0.05) is 12.7 Å². The van der Waals surface area contributed by atoms with E-state index in [9.17, 15) is 18.0 Å². The SMILES string of the molecule is Cc1c(CC(=O)O)cnc(CN)c1OC(F)(F)F. The number of alkyl halides is 3. The van der Waals surface area contributed by atoms with Crippen LogP contribution < -0.4 is 10.5 Å². The lowest BCUT2D eigenvalue weighted by Gasteiger charge is -2.16. The maximum Gasteiger partial charge on any atom is 0.573 e. The van der Waals surface area contributed by atoms with Crippen molar-refractivity contribution < 1.29 is 27.8 Å². The average molecular weight is 264 g/mol. The fourth-order valence-corrected chi connectivity index (χ4v) is 1.41. The van der Waals surface area contributed by atoms with Gasteiger partial charge in [-0.15, -0.1) is 13.2 Å². The maximum absolute atomic E-state index is 12.2. The molecule has 0 unspecified atom stereocenters. The van der Waals surface area contributed by atoms with Crippen LogP contribution in [0.25, 0.3) is 0 Å². The lowest BCUT2D eigenvalue weighted by molar-refractivity contribution is -0.275. The van der Waals surface area contributed by atoms with Gasteiger partial charge in [-0.2, -0.15) is 0 Å². The topological polar surface area (TPSA) is 85.4 Å². The number of aliphatic carboxylic acids is 1. The highest BCUT2D eigenvalue weighted by atomic mass is 19.4. The predicted octanol–water partition coefficient (Wildman–Crippen LogP) is 1.37. The summed E-state index contributed by atoms with van der Waals surface area (Å²) in [4.78, 5) is 14.2. The van der Waals surface area contributed by atoms with Crippen LogP contribution in [0.15, 0.2) is 6.20 Å². The number of ether oxygens (including phenoxy) is 1. The van der Waals surface area contributed by atoms with Crippen LogP contribution in [0.3, 0.4) is 0 Å². The van der Waals surface area contributed by atoms with Crippen molar-refractivity contribution in [2.24, 2.45) is 5.73 Å². The average Bonchev–Trinajstić information content (AvgIpc) is 2.22. The lowest BCUT2D eigenvalue weighted by atomic mass is 10.1. The molecule has 18 heavy (non-hydrogen) atoms. The van der Waals surface area contributed by atoms with Crippen molar-refractivity contribution in [2.45, 2.75) is 26.3 Å². The summed E-state index contributed by atoms with van der Waals surface area (Å²) in [6.07, 6.45) is -4.12. The van der Waals surface area contributed by atoms with Crippen LogP contribution in [0.1, 0.15) is 16.8 Å². The first-order valence-corrected chi connectivity index (χ1v) is 4.89. The summed E-state index contributed by atoms with van der Waals surface area (Å²) >= 11 is 0. The number of pyridine rings is 1. The highest BCUT2D eigenvalue weighted by Gasteiger charge is 2.33. The second kappa shape index (κ2) is 5.21. The van der Waals surface area contributed by atoms with Crippen molar-refractivity contribution in [3.63, 3.8) is 0 Å². The van der Waals surface area contributed by atoms with Crippen LogP contribution in [0.4, 0.5) is 13.2 Å². The van der Waals surface area contributed by atoms with Gasteiger partial charge in [-0.25, -0.2) is 0 Å². The fraction of sp³-hybridized carbons (Fsp3) is 0.400. The van der Waals surface area contributed by atoms with Gasteiger partial charge in [0.1, 0.15) is 0 Å². The molecular weight excluding hydrogens is 253 g/mol. The second-order valence-electron chi connectivity index (χ2n) is 3.51. The minimum atomic E-state index is -4.88. The van der Waals surface area contributed by atoms with Gasteiger partial charge in [-0.05, 0) is 18.1 Å². The first kappa shape index (κ1) is 14.2. The van der Waals surface area contributed by atoms with E-state index >= 15 is 0 Å². The number of hydrogen-bond donors (Lipinski definition) is 2. The number of carboxylic acid groups (broad SMARTS) is 1. The third kappa shape index (κ3) is 3.59. The Kier molecular flexibility index (Phi) is 4.12. The summed E-state index contributed by atoms with van der Waals surface area (Å²) in [7, 11) is 0. The monoisotopic (exact) mass is 264 g/mol. The summed E-state index contributed by atoms with van der Waals surface area (Å²) in [5.74, 6) is -1.69. The van der Waals surface area contributed by atoms with Gasteiger partial charge in [-0.1, -0.05) is 0 Å². The molecule has 1 aromatic rings. The van der Waals surface area contributed by atoms with Crippen molar-refractivity contribution in [2.75, 3.05) is 0 Å². The summed E-state index contributed by atoms with van der Waals surface area (Å²) in [6.45, 7) is 1.10. The Bertz CT molecular complexity index is 460. The maximum atomic E-state index is 12.2. The molecule has 0 aliphatic rings. The smallest absolute Gasteiger partial charge is 0.481 e. The van der Waals surface area contributed by atoms with Gasteiger partial charge in [-0.3, -0.25) is 9.78 Å². The van der Waals surface area contributed by atoms with Crippen LogP contribution in [-0.4, -0.2) is 22.4 Å². The largest absolute Gasteiger partial charge is 0.573 e. The van der Waals surface area contributed by atoms with Crippen molar-refractivity contribution >= 4 is 5.97 Å². The van der Waals surface area contributed by atoms with E-state index in [2.05, 4.69) is 9.72 Å². The Labute approximate surface area is 100 Å². The zero-order valence-corrected chi connectivity index (χ0v) is 9.41. The van der Waals surface area contributed by atoms with Gasteiger partial charge < -0.3 is 15.6 Å². The van der Waals surface area contributed by atoms with E-state index in [0.717, 1.165) is 0 Å². The number of halogens is 3. The first-order valence-electron chi connectivity index (χ1n) is 4.89. The van der Waals surface area contributed by atoms with Crippen LogP contribution in [0.2, 0.25) is 0 Å². The lowest BCUT2D eigenvalue weighted by Crippen LogP contribution is -2.21. The molecule has 5 nitrogen and oxygen atoms in total. The quantitative estimate of drug-likeness (QED) is 0.857. The van der Waals surface area contributed by atoms with E-state index in [-0.39, 0.29) is 23.4 Å². The fourth-order valence-electron chi connectivity index (χ4n) is 1.41. The van der Waals surface area contributed by atoms with Crippen molar-refractivity contribution in [1.29, 1.82) is 0 Å². The zero-order chi connectivity index (χ0) is 13.9. The Morgan fingerprint density at radius 2 is 2.17 bits per heavy atom. The van der Waals surface area contributed by atoms with Crippen molar-refractivity contribution in [1.82, 2.24) is 4.98 Å². The normalized spacial score (nSPS) is 11.4. The molecule has 1 rings (SSSR count). The standard InChI is InChI=1S/C10H11F3N2O3/c1-5-6(2-8(16)17)4-15-7(3-14)9(5)18-10(11,12)13/h4H,2-3,14H2,1H3,(H,16,17). The molecule has 0 fully saturated rings. The highest BCUT2D eigenvalue weighted by Crippen LogP contribution is 2.30. The van der Waals surface area contributed by atoms with Gasteiger partial charge >= 0.3 is 12.3 Å². The number of aromatic nitrogens is 1. The van der Waals surface area contributed by atoms with E-state index in [1.807, 2.05) is 0 Å². The van der Waals surface area contributed by atoms with E-state index < -0.39 is 24.5 Å². The number of nitrogens with zero attached hydrogens (tertiary/aromatic N) is 1. The van der Waals surface area contributed by atoms with Crippen molar-refractivity contribution in [3.8, 4) is 5.75 Å². The molecule has 1 heterocycles. The van der Waals surface area contributed by atoms with Crippen LogP contribution in [-0.2, 0) is 17.8 Å². The van der Waals surface area contributed by atoms with E-state index in [0.29, 0.717) is 0 Å². The molecule has 0 aliphatic carbocycles. The van der Waals surface area contributed by atoms with E-state index in [1.165, 1.54) is 13.1 Å².